The summed E-state index contributed by atoms with van der Waals surface area (Å²) in [6, 6.07) is 6.36. The highest BCUT2D eigenvalue weighted by molar-refractivity contribution is 5.79. The van der Waals surface area contributed by atoms with Gasteiger partial charge in [0, 0.05) is 44.5 Å². The fraction of sp³-hybridized carbons (Fsp3) is 0.545. The van der Waals surface area contributed by atoms with Crippen molar-refractivity contribution >= 4 is 5.91 Å². The third-order valence-corrected chi connectivity index (χ3v) is 5.52. The SMILES string of the molecule is Cc1ccc(C)c(CC(=O)N2CCCC(c3nccn3CCN(C)C)C2)c1. The van der Waals surface area contributed by atoms with Crippen molar-refractivity contribution in [1.29, 1.82) is 0 Å². The van der Waals surface area contributed by atoms with E-state index in [0.717, 1.165) is 50.4 Å². The minimum absolute atomic E-state index is 0.236. The van der Waals surface area contributed by atoms with Crippen LogP contribution in [0.1, 0.15) is 41.3 Å². The van der Waals surface area contributed by atoms with Gasteiger partial charge in [-0.2, -0.15) is 0 Å². The summed E-state index contributed by atoms with van der Waals surface area (Å²) in [5.74, 6) is 1.69. The van der Waals surface area contributed by atoms with Crippen molar-refractivity contribution in [2.75, 3.05) is 33.7 Å². The topological polar surface area (TPSA) is 41.4 Å². The number of nitrogens with zero attached hydrogens (tertiary/aromatic N) is 4. The molecule has 1 aromatic heterocycles. The quantitative estimate of drug-likeness (QED) is 0.787. The van der Waals surface area contributed by atoms with E-state index in [1.54, 1.807) is 0 Å². The maximum Gasteiger partial charge on any atom is 0.227 e. The lowest BCUT2D eigenvalue weighted by atomic mass is 9.96. The first-order chi connectivity index (χ1) is 12.9. The van der Waals surface area contributed by atoms with E-state index < -0.39 is 0 Å². The molecule has 1 amide bonds. The van der Waals surface area contributed by atoms with Gasteiger partial charge in [-0.05, 0) is 51.9 Å². The number of likely N-dealkylation sites (tertiary alicyclic amines) is 1. The van der Waals surface area contributed by atoms with Gasteiger partial charge in [-0.3, -0.25) is 4.79 Å². The Morgan fingerprint density at radius 1 is 1.30 bits per heavy atom. The Morgan fingerprint density at radius 3 is 2.89 bits per heavy atom. The highest BCUT2D eigenvalue weighted by atomic mass is 16.2. The summed E-state index contributed by atoms with van der Waals surface area (Å²) in [4.78, 5) is 21.8. The van der Waals surface area contributed by atoms with E-state index in [9.17, 15) is 4.79 Å². The van der Waals surface area contributed by atoms with Gasteiger partial charge in [-0.15, -0.1) is 0 Å². The third-order valence-electron chi connectivity index (χ3n) is 5.52. The van der Waals surface area contributed by atoms with Crippen LogP contribution in [0.25, 0.3) is 0 Å². The number of piperidine rings is 1. The van der Waals surface area contributed by atoms with E-state index in [2.05, 4.69) is 66.8 Å². The lowest BCUT2D eigenvalue weighted by Crippen LogP contribution is -2.40. The predicted octanol–water partition coefficient (Wildman–Crippen LogP) is 3.01. The summed E-state index contributed by atoms with van der Waals surface area (Å²) < 4.78 is 2.25. The number of imidazole rings is 1. The Labute approximate surface area is 163 Å². The molecule has 1 fully saturated rings. The standard InChI is InChI=1S/C22H32N4O/c1-17-7-8-18(2)20(14-17)15-21(27)26-10-5-6-19(16-26)22-23-9-11-25(22)13-12-24(3)4/h7-9,11,14,19H,5-6,10,12-13,15-16H2,1-4H3. The van der Waals surface area contributed by atoms with Gasteiger partial charge in [0.1, 0.15) is 5.82 Å². The molecule has 0 N–H and O–H groups in total. The van der Waals surface area contributed by atoms with Gasteiger partial charge >= 0.3 is 0 Å². The van der Waals surface area contributed by atoms with Crippen LogP contribution in [-0.2, 0) is 17.8 Å². The van der Waals surface area contributed by atoms with Crippen molar-refractivity contribution in [2.24, 2.45) is 0 Å². The second kappa shape index (κ2) is 8.70. The molecule has 5 heteroatoms. The Morgan fingerprint density at radius 2 is 2.11 bits per heavy atom. The van der Waals surface area contributed by atoms with E-state index in [-0.39, 0.29) is 5.91 Å². The maximum atomic E-state index is 12.9. The molecule has 5 nitrogen and oxygen atoms in total. The van der Waals surface area contributed by atoms with Crippen molar-refractivity contribution in [3.63, 3.8) is 0 Å². The maximum absolute atomic E-state index is 12.9. The number of carbonyl (C=O) groups is 1. The Kier molecular flexibility index (Phi) is 6.32. The monoisotopic (exact) mass is 368 g/mol. The molecular weight excluding hydrogens is 336 g/mol. The number of likely N-dealkylation sites (N-methyl/N-ethyl adjacent to an activating group) is 1. The molecule has 27 heavy (non-hydrogen) atoms. The summed E-state index contributed by atoms with van der Waals surface area (Å²) in [6.07, 6.45) is 6.60. The molecule has 2 heterocycles. The Bertz CT molecular complexity index is 780. The number of rotatable bonds is 6. The van der Waals surface area contributed by atoms with Crippen LogP contribution in [0.2, 0.25) is 0 Å². The number of amides is 1. The summed E-state index contributed by atoms with van der Waals surface area (Å²) in [6.45, 7) is 7.74. The van der Waals surface area contributed by atoms with Gasteiger partial charge in [-0.25, -0.2) is 4.98 Å². The minimum Gasteiger partial charge on any atom is -0.342 e. The molecule has 0 radical (unpaired) electrons. The largest absolute Gasteiger partial charge is 0.342 e. The molecule has 1 aliphatic heterocycles. The summed E-state index contributed by atoms with van der Waals surface area (Å²) in [5, 5.41) is 0. The third kappa shape index (κ3) is 4.98. The highest BCUT2D eigenvalue weighted by Gasteiger charge is 2.27. The zero-order valence-electron chi connectivity index (χ0n) is 17.1. The lowest BCUT2D eigenvalue weighted by molar-refractivity contribution is -0.131. The number of hydrogen-bond acceptors (Lipinski definition) is 3. The fourth-order valence-corrected chi connectivity index (χ4v) is 3.86. The second-order valence-electron chi connectivity index (χ2n) is 8.07. The Balaban J connectivity index is 1.66. The molecule has 0 saturated carbocycles. The molecule has 0 spiro atoms. The lowest BCUT2D eigenvalue weighted by Gasteiger charge is -2.33. The van der Waals surface area contributed by atoms with Crippen LogP contribution in [0.4, 0.5) is 0 Å². The summed E-state index contributed by atoms with van der Waals surface area (Å²) >= 11 is 0. The number of aryl methyl sites for hydroxylation is 2. The molecule has 1 aliphatic rings. The van der Waals surface area contributed by atoms with Crippen molar-refractivity contribution in [3.05, 3.63) is 53.1 Å². The van der Waals surface area contributed by atoms with E-state index in [4.69, 9.17) is 0 Å². The molecule has 1 atom stereocenters. The van der Waals surface area contributed by atoms with E-state index in [1.165, 1.54) is 11.1 Å². The number of carbonyl (C=O) groups excluding carboxylic acids is 1. The van der Waals surface area contributed by atoms with Crippen LogP contribution in [0, 0.1) is 13.8 Å². The van der Waals surface area contributed by atoms with Gasteiger partial charge in [-0.1, -0.05) is 23.8 Å². The zero-order valence-corrected chi connectivity index (χ0v) is 17.1. The Hall–Kier alpha value is -2.14. The molecule has 1 saturated heterocycles. The number of aromatic nitrogens is 2. The predicted molar refractivity (Wildman–Crippen MR) is 109 cm³/mol. The van der Waals surface area contributed by atoms with Crippen LogP contribution in [0.15, 0.2) is 30.6 Å². The minimum atomic E-state index is 0.236. The summed E-state index contributed by atoms with van der Waals surface area (Å²) in [5.41, 5.74) is 3.55. The second-order valence-corrected chi connectivity index (χ2v) is 8.07. The van der Waals surface area contributed by atoms with E-state index in [1.807, 2.05) is 11.1 Å². The van der Waals surface area contributed by atoms with E-state index in [0.29, 0.717) is 12.3 Å². The van der Waals surface area contributed by atoms with Crippen LogP contribution >= 0.6 is 0 Å². The summed E-state index contributed by atoms with van der Waals surface area (Å²) in [7, 11) is 4.18. The molecule has 146 valence electrons. The fourth-order valence-electron chi connectivity index (χ4n) is 3.86. The highest BCUT2D eigenvalue weighted by Crippen LogP contribution is 2.26. The van der Waals surface area contributed by atoms with E-state index >= 15 is 0 Å². The normalized spacial score (nSPS) is 17.5. The molecule has 2 aromatic rings. The van der Waals surface area contributed by atoms with Crippen molar-refractivity contribution in [3.8, 4) is 0 Å². The molecular formula is C22H32N4O. The zero-order chi connectivity index (χ0) is 19.4. The van der Waals surface area contributed by atoms with Crippen LogP contribution in [0.3, 0.4) is 0 Å². The number of hydrogen-bond donors (Lipinski definition) is 0. The van der Waals surface area contributed by atoms with Gasteiger partial charge in [0.25, 0.3) is 0 Å². The first kappa shape index (κ1) is 19.6. The van der Waals surface area contributed by atoms with Gasteiger partial charge in [0.05, 0.1) is 6.42 Å². The average Bonchev–Trinajstić information content (AvgIpc) is 3.12. The first-order valence-corrected chi connectivity index (χ1v) is 9.93. The van der Waals surface area contributed by atoms with Crippen molar-refractivity contribution < 1.29 is 4.79 Å². The van der Waals surface area contributed by atoms with Gasteiger partial charge in [0.2, 0.25) is 5.91 Å². The smallest absolute Gasteiger partial charge is 0.227 e. The molecule has 1 unspecified atom stereocenters. The molecule has 0 aliphatic carbocycles. The average molecular weight is 369 g/mol. The number of benzene rings is 1. The van der Waals surface area contributed by atoms with Crippen LogP contribution < -0.4 is 0 Å². The molecule has 0 bridgehead atoms. The van der Waals surface area contributed by atoms with Crippen LogP contribution in [-0.4, -0.2) is 59.0 Å². The van der Waals surface area contributed by atoms with Crippen molar-refractivity contribution in [1.82, 2.24) is 19.4 Å². The van der Waals surface area contributed by atoms with Gasteiger partial charge < -0.3 is 14.4 Å². The van der Waals surface area contributed by atoms with Crippen molar-refractivity contribution in [2.45, 2.75) is 45.6 Å². The van der Waals surface area contributed by atoms with Crippen LogP contribution in [0.5, 0.6) is 0 Å². The molecule has 1 aromatic carbocycles. The van der Waals surface area contributed by atoms with Gasteiger partial charge in [0.15, 0.2) is 0 Å². The molecule has 3 rings (SSSR count). The first-order valence-electron chi connectivity index (χ1n) is 9.93.